The lowest BCUT2D eigenvalue weighted by atomic mass is 10.0. The Balaban J connectivity index is 0.00000432. The van der Waals surface area contributed by atoms with E-state index in [4.69, 9.17) is 18.9 Å². The van der Waals surface area contributed by atoms with E-state index in [0.29, 0.717) is 53.2 Å². The summed E-state index contributed by atoms with van der Waals surface area (Å²) >= 11 is 1.44. The molecule has 8 nitrogen and oxygen atoms in total. The molecule has 1 aliphatic heterocycles. The number of amides is 1. The van der Waals surface area contributed by atoms with Crippen molar-refractivity contribution in [3.8, 4) is 17.2 Å². The number of hydrogen-bond donors (Lipinski definition) is 1. The summed E-state index contributed by atoms with van der Waals surface area (Å²) in [5.41, 5.74) is 1.79. The zero-order valence-corrected chi connectivity index (χ0v) is 22.7. The van der Waals surface area contributed by atoms with Crippen molar-refractivity contribution in [2.45, 2.75) is 47.6 Å². The maximum atomic E-state index is 13.3. The van der Waals surface area contributed by atoms with Crippen LogP contribution in [0.4, 0.5) is 5.00 Å². The number of thiophene rings is 1. The zero-order chi connectivity index (χ0) is 24.7. The van der Waals surface area contributed by atoms with Crippen LogP contribution in [0.3, 0.4) is 0 Å². The lowest BCUT2D eigenvalue weighted by molar-refractivity contribution is 0.0526. The van der Waals surface area contributed by atoms with Crippen molar-refractivity contribution in [1.29, 1.82) is 0 Å². The topological polar surface area (TPSA) is 86.3 Å². The first-order valence-corrected chi connectivity index (χ1v) is 12.7. The van der Waals surface area contributed by atoms with Gasteiger partial charge in [0.05, 0.1) is 32.0 Å². The van der Waals surface area contributed by atoms with Gasteiger partial charge in [0.2, 0.25) is 5.75 Å². The molecule has 0 atom stereocenters. The summed E-state index contributed by atoms with van der Waals surface area (Å²) in [6, 6.07) is 3.28. The van der Waals surface area contributed by atoms with Gasteiger partial charge in [-0.3, -0.25) is 9.69 Å². The van der Waals surface area contributed by atoms with E-state index in [9.17, 15) is 9.59 Å². The molecule has 35 heavy (non-hydrogen) atoms. The van der Waals surface area contributed by atoms with Gasteiger partial charge >= 0.3 is 5.97 Å². The van der Waals surface area contributed by atoms with Crippen LogP contribution < -0.4 is 19.5 Å². The standard InChI is InChI=1S/C25H34N2O6S.ClH/c1-6-27-12-11-17-20(15-27)34-24(21(17)25(29)33-10-5)26-23(28)16-13-18(30-7-2)22(32-9-4)19(14-16)31-8-3;/h13-14H,6-12,15H2,1-5H3,(H,26,28);1H. The third-order valence-electron chi connectivity index (χ3n) is 5.46. The highest BCUT2D eigenvalue weighted by Crippen LogP contribution is 2.41. The van der Waals surface area contributed by atoms with Gasteiger partial charge in [-0.2, -0.15) is 0 Å². The number of nitrogens with zero attached hydrogens (tertiary/aromatic N) is 1. The summed E-state index contributed by atoms with van der Waals surface area (Å²) in [5.74, 6) is 0.588. The van der Waals surface area contributed by atoms with Crippen LogP contribution in [0.1, 0.15) is 65.8 Å². The summed E-state index contributed by atoms with van der Waals surface area (Å²) in [5, 5.41) is 3.47. The number of halogens is 1. The first-order chi connectivity index (χ1) is 16.5. The number of rotatable bonds is 11. The Morgan fingerprint density at radius 1 is 0.971 bits per heavy atom. The number of ether oxygens (including phenoxy) is 4. The molecular formula is C25H35ClN2O6S. The predicted octanol–water partition coefficient (Wildman–Crippen LogP) is 5.17. The van der Waals surface area contributed by atoms with Gasteiger partial charge in [0, 0.05) is 23.5 Å². The smallest absolute Gasteiger partial charge is 0.341 e. The second kappa shape index (κ2) is 13.6. The van der Waals surface area contributed by atoms with Gasteiger partial charge < -0.3 is 24.3 Å². The molecule has 0 saturated heterocycles. The largest absolute Gasteiger partial charge is 0.490 e. The Hall–Kier alpha value is -2.49. The normalized spacial score (nSPS) is 12.8. The number of hydrogen-bond acceptors (Lipinski definition) is 8. The van der Waals surface area contributed by atoms with E-state index in [2.05, 4.69) is 17.1 Å². The molecule has 0 bridgehead atoms. The van der Waals surface area contributed by atoms with Crippen molar-refractivity contribution in [3.63, 3.8) is 0 Å². The van der Waals surface area contributed by atoms with E-state index in [0.717, 1.165) is 36.5 Å². The number of fused-ring (bicyclic) bond motifs is 1. The molecule has 10 heteroatoms. The molecule has 3 rings (SSSR count). The molecule has 0 radical (unpaired) electrons. The molecule has 1 aromatic heterocycles. The van der Waals surface area contributed by atoms with Crippen LogP contribution in [0.2, 0.25) is 0 Å². The molecular weight excluding hydrogens is 492 g/mol. The van der Waals surface area contributed by atoms with Gasteiger partial charge in [0.1, 0.15) is 5.00 Å². The fourth-order valence-corrected chi connectivity index (χ4v) is 5.20. The highest BCUT2D eigenvalue weighted by atomic mass is 35.5. The van der Waals surface area contributed by atoms with Crippen LogP contribution in [0, 0.1) is 0 Å². The van der Waals surface area contributed by atoms with Crippen LogP contribution in [-0.4, -0.2) is 56.3 Å². The molecule has 1 amide bonds. The lowest BCUT2D eigenvalue weighted by Gasteiger charge is -2.25. The highest BCUT2D eigenvalue weighted by molar-refractivity contribution is 7.17. The van der Waals surface area contributed by atoms with Crippen LogP contribution in [-0.2, 0) is 17.7 Å². The third-order valence-corrected chi connectivity index (χ3v) is 6.59. The third kappa shape index (κ3) is 6.59. The van der Waals surface area contributed by atoms with E-state index in [-0.39, 0.29) is 24.9 Å². The average Bonchev–Trinajstić information content (AvgIpc) is 3.18. The summed E-state index contributed by atoms with van der Waals surface area (Å²) in [6.45, 7) is 13.6. The maximum Gasteiger partial charge on any atom is 0.341 e. The van der Waals surface area contributed by atoms with Crippen LogP contribution in [0.25, 0.3) is 0 Å². The van der Waals surface area contributed by atoms with Crippen molar-refractivity contribution in [1.82, 2.24) is 4.90 Å². The molecule has 0 unspecified atom stereocenters. The molecule has 0 spiro atoms. The van der Waals surface area contributed by atoms with Gasteiger partial charge in [-0.1, -0.05) is 6.92 Å². The van der Waals surface area contributed by atoms with Gasteiger partial charge in [-0.15, -0.1) is 23.7 Å². The molecule has 1 aliphatic rings. The molecule has 194 valence electrons. The van der Waals surface area contributed by atoms with E-state index in [1.165, 1.54) is 11.3 Å². The monoisotopic (exact) mass is 526 g/mol. The Bertz CT molecular complexity index is 999. The fraction of sp³-hybridized carbons (Fsp3) is 0.520. The molecule has 0 fully saturated rings. The van der Waals surface area contributed by atoms with E-state index in [1.54, 1.807) is 19.1 Å². The van der Waals surface area contributed by atoms with Crippen molar-refractivity contribution in [2.75, 3.05) is 44.8 Å². The highest BCUT2D eigenvalue weighted by Gasteiger charge is 2.29. The van der Waals surface area contributed by atoms with Crippen molar-refractivity contribution in [3.05, 3.63) is 33.7 Å². The quantitative estimate of drug-likeness (QED) is 0.404. The SMILES string of the molecule is CCOC(=O)c1c(NC(=O)c2cc(OCC)c(OCC)c(OCC)c2)sc2c1CCN(CC)C2.Cl. The van der Waals surface area contributed by atoms with E-state index >= 15 is 0 Å². The van der Waals surface area contributed by atoms with Gasteiger partial charge in [-0.25, -0.2) is 4.79 Å². The molecule has 2 aromatic rings. The lowest BCUT2D eigenvalue weighted by Crippen LogP contribution is -2.30. The van der Waals surface area contributed by atoms with Crippen LogP contribution >= 0.6 is 23.7 Å². The second-order valence-electron chi connectivity index (χ2n) is 7.60. The summed E-state index contributed by atoms with van der Waals surface area (Å²) in [6.07, 6.45) is 0.746. The van der Waals surface area contributed by atoms with Crippen molar-refractivity contribution < 1.29 is 28.5 Å². The second-order valence-corrected chi connectivity index (χ2v) is 8.71. The predicted molar refractivity (Wildman–Crippen MR) is 140 cm³/mol. The first kappa shape index (κ1) is 28.7. The summed E-state index contributed by atoms with van der Waals surface area (Å²) in [7, 11) is 0. The summed E-state index contributed by atoms with van der Waals surface area (Å²) < 4.78 is 22.5. The molecule has 0 aliphatic carbocycles. The average molecular weight is 527 g/mol. The number of carbonyl (C=O) groups is 2. The number of esters is 1. The first-order valence-electron chi connectivity index (χ1n) is 11.9. The number of nitrogens with one attached hydrogen (secondary N) is 1. The van der Waals surface area contributed by atoms with E-state index in [1.807, 2.05) is 20.8 Å². The minimum atomic E-state index is -0.406. The van der Waals surface area contributed by atoms with Gasteiger partial charge in [0.25, 0.3) is 5.91 Å². The minimum Gasteiger partial charge on any atom is -0.490 e. The zero-order valence-electron chi connectivity index (χ0n) is 21.0. The molecule has 2 heterocycles. The van der Waals surface area contributed by atoms with E-state index < -0.39 is 5.97 Å². The Morgan fingerprint density at radius 2 is 1.60 bits per heavy atom. The number of carbonyl (C=O) groups excluding carboxylic acids is 2. The van der Waals surface area contributed by atoms with Crippen molar-refractivity contribution in [2.24, 2.45) is 0 Å². The fourth-order valence-electron chi connectivity index (χ4n) is 3.93. The Labute approximate surface area is 217 Å². The number of benzene rings is 1. The molecule has 0 saturated carbocycles. The van der Waals surface area contributed by atoms with Crippen molar-refractivity contribution >= 4 is 40.6 Å². The van der Waals surface area contributed by atoms with Crippen LogP contribution in [0.15, 0.2) is 12.1 Å². The number of likely N-dealkylation sites (N-methyl/N-ethyl adjacent to an activating group) is 1. The maximum absolute atomic E-state index is 13.3. The number of anilines is 1. The minimum absolute atomic E-state index is 0. The Kier molecular flexibility index (Phi) is 11.1. The molecule has 1 aromatic carbocycles. The van der Waals surface area contributed by atoms with Gasteiger partial charge in [0.15, 0.2) is 11.5 Å². The summed E-state index contributed by atoms with van der Waals surface area (Å²) in [4.78, 5) is 29.6. The Morgan fingerprint density at radius 3 is 2.14 bits per heavy atom. The van der Waals surface area contributed by atoms with Crippen LogP contribution in [0.5, 0.6) is 17.2 Å². The van der Waals surface area contributed by atoms with Gasteiger partial charge in [-0.05, 0) is 58.4 Å². The molecule has 1 N–H and O–H groups in total.